The predicted octanol–water partition coefficient (Wildman–Crippen LogP) is 3.20. The normalized spacial score (nSPS) is 20.0. The second-order valence-corrected chi connectivity index (χ2v) is 7.13. The molecule has 2 nitrogen and oxygen atoms in total. The Balaban J connectivity index is 1.65. The molecule has 0 saturated heterocycles. The zero-order valence-electron chi connectivity index (χ0n) is 12.3. The molecule has 1 heterocycles. The summed E-state index contributed by atoms with van der Waals surface area (Å²) >= 11 is 1.94. The number of hydrogen-bond acceptors (Lipinski definition) is 3. The van der Waals surface area contributed by atoms with Crippen LogP contribution >= 0.6 is 11.8 Å². The maximum Gasteiger partial charge on any atom is 0.0652 e. The van der Waals surface area contributed by atoms with E-state index in [9.17, 15) is 5.11 Å². The molecule has 1 aliphatic heterocycles. The first-order chi connectivity index (χ1) is 10.2. The fraction of sp³-hybridized carbons (Fsp3) is 0.333. The summed E-state index contributed by atoms with van der Waals surface area (Å²) in [6, 6.07) is 18.8. The molecular formula is C18H21NOS. The number of hydrogen-bond donors (Lipinski definition) is 2. The number of aliphatic hydroxyl groups excluding tert-OH is 1. The van der Waals surface area contributed by atoms with Gasteiger partial charge in [0, 0.05) is 16.7 Å². The molecule has 2 aromatic carbocycles. The van der Waals surface area contributed by atoms with E-state index in [1.807, 2.05) is 30.0 Å². The molecule has 2 unspecified atom stereocenters. The lowest BCUT2D eigenvalue weighted by Crippen LogP contribution is -2.45. The van der Waals surface area contributed by atoms with Crippen LogP contribution in [0.3, 0.4) is 0 Å². The van der Waals surface area contributed by atoms with Crippen molar-refractivity contribution in [3.63, 3.8) is 0 Å². The zero-order chi connectivity index (χ0) is 14.7. The highest BCUT2D eigenvalue weighted by molar-refractivity contribution is 8.00. The average molecular weight is 299 g/mol. The van der Waals surface area contributed by atoms with Crippen LogP contribution in [0, 0.1) is 0 Å². The monoisotopic (exact) mass is 299 g/mol. The fourth-order valence-electron chi connectivity index (χ4n) is 2.76. The Morgan fingerprint density at radius 1 is 1.14 bits per heavy atom. The number of thioether (sulfide) groups is 1. The van der Waals surface area contributed by atoms with Crippen molar-refractivity contribution >= 4 is 11.8 Å². The highest BCUT2D eigenvalue weighted by atomic mass is 32.2. The average Bonchev–Trinajstić information content (AvgIpc) is 2.96. The van der Waals surface area contributed by atoms with Crippen molar-refractivity contribution in [2.45, 2.75) is 29.0 Å². The Labute approximate surface area is 130 Å². The summed E-state index contributed by atoms with van der Waals surface area (Å²) < 4.78 is 0. The van der Waals surface area contributed by atoms with Gasteiger partial charge in [0.1, 0.15) is 0 Å². The largest absolute Gasteiger partial charge is 0.394 e. The summed E-state index contributed by atoms with van der Waals surface area (Å²) in [4.78, 5) is 1.40. The summed E-state index contributed by atoms with van der Waals surface area (Å²) in [7, 11) is 0. The minimum atomic E-state index is -0.378. The van der Waals surface area contributed by atoms with Crippen LogP contribution in [-0.2, 0) is 12.0 Å². The van der Waals surface area contributed by atoms with Gasteiger partial charge in [0.2, 0.25) is 0 Å². The van der Waals surface area contributed by atoms with Crippen LogP contribution in [0.1, 0.15) is 18.1 Å². The van der Waals surface area contributed by atoms with Gasteiger partial charge < -0.3 is 10.4 Å². The molecule has 0 aliphatic carbocycles. The molecule has 0 saturated carbocycles. The molecule has 0 spiro atoms. The predicted molar refractivity (Wildman–Crippen MR) is 88.7 cm³/mol. The van der Waals surface area contributed by atoms with Crippen molar-refractivity contribution in [1.82, 2.24) is 5.32 Å². The van der Waals surface area contributed by atoms with Crippen molar-refractivity contribution < 1.29 is 5.11 Å². The molecule has 0 amide bonds. The van der Waals surface area contributed by atoms with Gasteiger partial charge in [0.15, 0.2) is 0 Å². The van der Waals surface area contributed by atoms with Crippen molar-refractivity contribution in [3.8, 4) is 0 Å². The Morgan fingerprint density at radius 3 is 2.57 bits per heavy atom. The zero-order valence-corrected chi connectivity index (χ0v) is 13.1. The summed E-state index contributed by atoms with van der Waals surface area (Å²) in [5, 5.41) is 13.9. The first-order valence-electron chi connectivity index (χ1n) is 7.37. The Bertz CT molecular complexity index is 576. The number of rotatable bonds is 5. The van der Waals surface area contributed by atoms with E-state index in [0.717, 1.165) is 18.5 Å². The van der Waals surface area contributed by atoms with E-state index in [1.54, 1.807) is 0 Å². The van der Waals surface area contributed by atoms with Gasteiger partial charge in [-0.15, -0.1) is 11.8 Å². The Hall–Kier alpha value is -1.29. The van der Waals surface area contributed by atoms with E-state index in [2.05, 4.69) is 48.6 Å². The van der Waals surface area contributed by atoms with E-state index >= 15 is 0 Å². The third-order valence-corrected chi connectivity index (χ3v) is 5.48. The van der Waals surface area contributed by atoms with E-state index < -0.39 is 0 Å². The van der Waals surface area contributed by atoms with Crippen molar-refractivity contribution in [2.24, 2.45) is 0 Å². The third-order valence-electron chi connectivity index (χ3n) is 4.16. The molecule has 0 aromatic heterocycles. The highest BCUT2D eigenvalue weighted by Gasteiger charge is 2.28. The second kappa shape index (κ2) is 6.22. The van der Waals surface area contributed by atoms with E-state index in [0.29, 0.717) is 5.25 Å². The van der Waals surface area contributed by atoms with Gasteiger partial charge in [0.05, 0.1) is 12.1 Å². The minimum absolute atomic E-state index is 0.0986. The maximum atomic E-state index is 9.82. The van der Waals surface area contributed by atoms with Gasteiger partial charge in [0.25, 0.3) is 0 Å². The first-order valence-corrected chi connectivity index (χ1v) is 8.25. The van der Waals surface area contributed by atoms with Gasteiger partial charge in [-0.3, -0.25) is 0 Å². The fourth-order valence-corrected chi connectivity index (χ4v) is 4.01. The van der Waals surface area contributed by atoms with Crippen molar-refractivity contribution in [3.05, 3.63) is 65.7 Å². The Morgan fingerprint density at radius 2 is 1.86 bits per heavy atom. The number of fused-ring (bicyclic) bond motifs is 1. The molecule has 0 radical (unpaired) electrons. The van der Waals surface area contributed by atoms with Crippen LogP contribution in [0.4, 0.5) is 0 Å². The first kappa shape index (κ1) is 14.6. The number of aliphatic hydroxyl groups is 1. The molecule has 0 fully saturated rings. The molecule has 1 aliphatic rings. The number of nitrogens with one attached hydrogen (secondary N) is 1. The van der Waals surface area contributed by atoms with Crippen LogP contribution in [0.15, 0.2) is 59.5 Å². The topological polar surface area (TPSA) is 32.3 Å². The Kier molecular flexibility index (Phi) is 4.34. The summed E-state index contributed by atoms with van der Waals surface area (Å²) in [5.41, 5.74) is 2.20. The number of benzene rings is 2. The molecule has 3 rings (SSSR count). The molecule has 110 valence electrons. The van der Waals surface area contributed by atoms with Crippen LogP contribution in [0.2, 0.25) is 0 Å². The van der Waals surface area contributed by atoms with Crippen LogP contribution < -0.4 is 5.32 Å². The molecule has 2 aromatic rings. The summed E-state index contributed by atoms with van der Waals surface area (Å²) in [6.07, 6.45) is 1.10. The lowest BCUT2D eigenvalue weighted by atomic mass is 9.92. The van der Waals surface area contributed by atoms with Crippen LogP contribution in [0.5, 0.6) is 0 Å². The van der Waals surface area contributed by atoms with Crippen molar-refractivity contribution in [2.75, 3.05) is 13.2 Å². The lowest BCUT2D eigenvalue weighted by molar-refractivity contribution is 0.175. The highest BCUT2D eigenvalue weighted by Crippen LogP contribution is 2.36. The molecule has 0 bridgehead atoms. The third kappa shape index (κ3) is 3.15. The van der Waals surface area contributed by atoms with Gasteiger partial charge in [-0.25, -0.2) is 0 Å². The van der Waals surface area contributed by atoms with E-state index in [1.165, 1.54) is 10.5 Å². The lowest BCUT2D eigenvalue weighted by Gasteiger charge is -2.30. The molecule has 2 N–H and O–H groups in total. The van der Waals surface area contributed by atoms with Gasteiger partial charge in [-0.1, -0.05) is 48.5 Å². The molecule has 3 heteroatoms. The molecule has 21 heavy (non-hydrogen) atoms. The van der Waals surface area contributed by atoms with Crippen molar-refractivity contribution in [1.29, 1.82) is 0 Å². The molecular weight excluding hydrogens is 278 g/mol. The molecule has 2 atom stereocenters. The van der Waals surface area contributed by atoms with Crippen LogP contribution in [0.25, 0.3) is 0 Å². The smallest absolute Gasteiger partial charge is 0.0652 e. The standard InChI is InChI=1S/C18H21NOS/c1-18(13-20,15-8-3-2-4-9-15)19-12-16-11-14-7-5-6-10-17(14)21-16/h2-10,16,19-20H,11-13H2,1H3. The van der Waals surface area contributed by atoms with Gasteiger partial charge in [-0.05, 0) is 30.5 Å². The van der Waals surface area contributed by atoms with Gasteiger partial charge in [-0.2, -0.15) is 0 Å². The minimum Gasteiger partial charge on any atom is -0.394 e. The van der Waals surface area contributed by atoms with E-state index in [-0.39, 0.29) is 12.1 Å². The maximum absolute atomic E-state index is 9.82. The SMILES string of the molecule is CC(CO)(NCC1Cc2ccccc2S1)c1ccccc1. The van der Waals surface area contributed by atoms with E-state index in [4.69, 9.17) is 0 Å². The van der Waals surface area contributed by atoms with Crippen LogP contribution in [-0.4, -0.2) is 23.5 Å². The summed E-state index contributed by atoms with van der Waals surface area (Å²) in [5.74, 6) is 0. The quantitative estimate of drug-likeness (QED) is 0.889. The van der Waals surface area contributed by atoms with Gasteiger partial charge >= 0.3 is 0 Å². The second-order valence-electron chi connectivity index (χ2n) is 5.79. The summed E-state index contributed by atoms with van der Waals surface area (Å²) in [6.45, 7) is 3.06.